The van der Waals surface area contributed by atoms with Crippen LogP contribution in [0.1, 0.15) is 21.6 Å². The molecule has 0 radical (unpaired) electrons. The van der Waals surface area contributed by atoms with Gasteiger partial charge in [0.15, 0.2) is 11.6 Å². The molecular weight excluding hydrogens is 433 g/mol. The van der Waals surface area contributed by atoms with Crippen LogP contribution in [0.15, 0.2) is 24.4 Å². The van der Waals surface area contributed by atoms with E-state index in [0.717, 1.165) is 12.1 Å². The molecule has 166 valence electrons. The normalized spacial score (nSPS) is 16.2. The zero-order valence-corrected chi connectivity index (χ0v) is 17.8. The van der Waals surface area contributed by atoms with E-state index in [1.807, 2.05) is 13.0 Å². The number of fused-ring (bicyclic) bond motifs is 1. The molecule has 1 atom stereocenters. The van der Waals surface area contributed by atoms with Gasteiger partial charge in [-0.05, 0) is 30.7 Å². The minimum Gasteiger partial charge on any atom is -0.375 e. The number of halogens is 4. The third-order valence-electron chi connectivity index (χ3n) is 5.17. The number of hydrogen-bond donors (Lipinski definition) is 2. The first-order valence-corrected chi connectivity index (χ1v) is 9.60. The average Bonchev–Trinajstić information content (AvgIpc) is 3.07. The van der Waals surface area contributed by atoms with E-state index in [4.69, 9.17) is 4.74 Å². The molecule has 0 unspecified atom stereocenters. The van der Waals surface area contributed by atoms with E-state index in [-0.39, 0.29) is 24.2 Å². The van der Waals surface area contributed by atoms with Crippen LogP contribution in [-0.4, -0.2) is 48.1 Å². The van der Waals surface area contributed by atoms with Crippen LogP contribution in [0.25, 0.3) is 16.9 Å². The summed E-state index contributed by atoms with van der Waals surface area (Å²) in [5, 5.41) is 5.39. The first-order valence-electron chi connectivity index (χ1n) is 9.60. The number of hydrogen-bond acceptors (Lipinski definition) is 4. The number of nitrogens with zero attached hydrogens (tertiary/aromatic N) is 2. The Hall–Kier alpha value is -2.62. The lowest BCUT2D eigenvalue weighted by atomic mass is 10.0. The van der Waals surface area contributed by atoms with Gasteiger partial charge in [0.25, 0.3) is 5.91 Å². The van der Waals surface area contributed by atoms with Gasteiger partial charge in [-0.2, -0.15) is 0 Å². The molecule has 31 heavy (non-hydrogen) atoms. The van der Waals surface area contributed by atoms with Crippen LogP contribution in [0.2, 0.25) is 0 Å². The predicted molar refractivity (Wildman–Crippen MR) is 112 cm³/mol. The number of pyridine rings is 1. The van der Waals surface area contributed by atoms with Gasteiger partial charge in [0, 0.05) is 32.8 Å². The first-order chi connectivity index (χ1) is 14.4. The van der Waals surface area contributed by atoms with E-state index in [2.05, 4.69) is 15.6 Å². The Labute approximate surface area is 183 Å². The molecule has 4 rings (SSSR count). The summed E-state index contributed by atoms with van der Waals surface area (Å²) >= 11 is 0. The SMILES string of the molecule is CNC(=O)c1cc(F)c(-c2nc3cc(C)ccn3c2C[C@H]2CNCCO2)c(F)c1F.Cl. The van der Waals surface area contributed by atoms with Crippen LogP contribution in [0.5, 0.6) is 0 Å². The number of carbonyl (C=O) groups excluding carboxylic acids is 1. The Bertz CT molecular complexity index is 1130. The van der Waals surface area contributed by atoms with E-state index < -0.39 is 34.5 Å². The van der Waals surface area contributed by atoms with Gasteiger partial charge in [0.1, 0.15) is 11.5 Å². The fourth-order valence-electron chi connectivity index (χ4n) is 3.67. The summed E-state index contributed by atoms with van der Waals surface area (Å²) < 4.78 is 52.0. The van der Waals surface area contributed by atoms with Crippen molar-refractivity contribution in [2.45, 2.75) is 19.4 Å². The number of morpholine rings is 1. The van der Waals surface area contributed by atoms with Gasteiger partial charge in [-0.25, -0.2) is 18.2 Å². The smallest absolute Gasteiger partial charge is 0.254 e. The fourth-order valence-corrected chi connectivity index (χ4v) is 3.67. The summed E-state index contributed by atoms with van der Waals surface area (Å²) in [6.07, 6.45) is 1.86. The number of aromatic nitrogens is 2. The summed E-state index contributed by atoms with van der Waals surface area (Å²) in [7, 11) is 1.26. The monoisotopic (exact) mass is 454 g/mol. The molecule has 1 fully saturated rings. The third kappa shape index (κ3) is 4.26. The predicted octanol–water partition coefficient (Wildman–Crippen LogP) is 3.04. The molecule has 0 bridgehead atoms. The Morgan fingerprint density at radius 1 is 1.32 bits per heavy atom. The summed E-state index contributed by atoms with van der Waals surface area (Å²) in [5.74, 6) is -4.83. The van der Waals surface area contributed by atoms with E-state index in [9.17, 15) is 18.0 Å². The van der Waals surface area contributed by atoms with Crippen LogP contribution >= 0.6 is 12.4 Å². The van der Waals surface area contributed by atoms with Crippen molar-refractivity contribution < 1.29 is 22.7 Å². The highest BCUT2D eigenvalue weighted by Crippen LogP contribution is 2.33. The van der Waals surface area contributed by atoms with Gasteiger partial charge < -0.3 is 19.8 Å². The van der Waals surface area contributed by atoms with Gasteiger partial charge >= 0.3 is 0 Å². The average molecular weight is 455 g/mol. The third-order valence-corrected chi connectivity index (χ3v) is 5.17. The molecule has 1 aliphatic rings. The molecule has 10 heteroatoms. The van der Waals surface area contributed by atoms with Crippen LogP contribution in [-0.2, 0) is 11.2 Å². The Kier molecular flexibility index (Phi) is 6.88. The molecule has 6 nitrogen and oxygen atoms in total. The van der Waals surface area contributed by atoms with Crippen molar-refractivity contribution in [3.63, 3.8) is 0 Å². The number of carbonyl (C=O) groups is 1. The maximum absolute atomic E-state index is 15.0. The van der Waals surface area contributed by atoms with Gasteiger partial charge in [0.05, 0.1) is 35.2 Å². The number of rotatable bonds is 4. The standard InChI is InChI=1S/C21H21F3N4O2.ClH/c1-11-3-5-28-15(8-12-10-26-4-6-30-12)20(27-16(28)7-11)17-14(22)9-13(21(29)25-2)18(23)19(17)24;/h3,5,7,9,12,26H,4,6,8,10H2,1-2H3,(H,25,29);1H/t12-;/m0./s1. The van der Waals surface area contributed by atoms with Gasteiger partial charge in [0.2, 0.25) is 0 Å². The highest BCUT2D eigenvalue weighted by atomic mass is 35.5. The van der Waals surface area contributed by atoms with Crippen molar-refractivity contribution in [2.24, 2.45) is 0 Å². The number of benzene rings is 1. The maximum Gasteiger partial charge on any atom is 0.254 e. The van der Waals surface area contributed by atoms with Crippen molar-refractivity contribution in [2.75, 3.05) is 26.7 Å². The summed E-state index contributed by atoms with van der Waals surface area (Å²) in [4.78, 5) is 16.2. The van der Waals surface area contributed by atoms with Crippen LogP contribution in [0.4, 0.5) is 13.2 Å². The summed E-state index contributed by atoms with van der Waals surface area (Å²) in [6.45, 7) is 3.70. The Morgan fingerprint density at radius 2 is 2.10 bits per heavy atom. The molecule has 1 aliphatic heterocycles. The van der Waals surface area contributed by atoms with Crippen LogP contribution in [0, 0.1) is 24.4 Å². The molecule has 1 amide bonds. The quantitative estimate of drug-likeness (QED) is 0.595. The highest BCUT2D eigenvalue weighted by Gasteiger charge is 2.28. The molecule has 1 aromatic carbocycles. The number of amides is 1. The Balaban J connectivity index is 0.00000272. The zero-order chi connectivity index (χ0) is 21.4. The minimum absolute atomic E-state index is 0. The topological polar surface area (TPSA) is 67.7 Å². The number of aryl methyl sites for hydroxylation is 1. The largest absolute Gasteiger partial charge is 0.375 e. The molecule has 3 aromatic rings. The summed E-state index contributed by atoms with van der Waals surface area (Å²) in [6, 6.07) is 4.33. The molecule has 1 saturated heterocycles. The zero-order valence-electron chi connectivity index (χ0n) is 17.0. The molecule has 3 heterocycles. The molecular formula is C21H22ClF3N4O2. The van der Waals surface area contributed by atoms with Gasteiger partial charge in [-0.1, -0.05) is 0 Å². The minimum atomic E-state index is -1.45. The van der Waals surface area contributed by atoms with Crippen molar-refractivity contribution in [1.29, 1.82) is 0 Å². The van der Waals surface area contributed by atoms with Crippen molar-refractivity contribution >= 4 is 24.0 Å². The number of ether oxygens (including phenoxy) is 1. The molecule has 0 aliphatic carbocycles. The second-order valence-electron chi connectivity index (χ2n) is 7.23. The van der Waals surface area contributed by atoms with E-state index >= 15 is 0 Å². The van der Waals surface area contributed by atoms with Gasteiger partial charge in [-0.15, -0.1) is 12.4 Å². The highest BCUT2D eigenvalue weighted by molar-refractivity contribution is 5.95. The molecule has 2 aromatic heterocycles. The second kappa shape index (κ2) is 9.25. The number of nitrogens with one attached hydrogen (secondary N) is 2. The number of imidazole rings is 1. The molecule has 2 N–H and O–H groups in total. The lowest BCUT2D eigenvalue weighted by Gasteiger charge is -2.24. The molecule has 0 spiro atoms. The Morgan fingerprint density at radius 3 is 2.77 bits per heavy atom. The van der Waals surface area contributed by atoms with Crippen molar-refractivity contribution in [3.05, 3.63) is 58.7 Å². The van der Waals surface area contributed by atoms with E-state index in [0.29, 0.717) is 37.0 Å². The van der Waals surface area contributed by atoms with Crippen LogP contribution in [0.3, 0.4) is 0 Å². The van der Waals surface area contributed by atoms with Gasteiger partial charge in [-0.3, -0.25) is 4.79 Å². The lowest BCUT2D eigenvalue weighted by Crippen LogP contribution is -2.39. The maximum atomic E-state index is 15.0. The second-order valence-corrected chi connectivity index (χ2v) is 7.23. The van der Waals surface area contributed by atoms with Crippen molar-refractivity contribution in [1.82, 2.24) is 20.0 Å². The van der Waals surface area contributed by atoms with Crippen molar-refractivity contribution in [3.8, 4) is 11.3 Å². The first kappa shape index (κ1) is 23.1. The van der Waals surface area contributed by atoms with E-state index in [1.54, 1.807) is 16.7 Å². The van der Waals surface area contributed by atoms with Crippen LogP contribution < -0.4 is 10.6 Å². The molecule has 0 saturated carbocycles. The lowest BCUT2D eigenvalue weighted by molar-refractivity contribution is 0.0286. The summed E-state index contributed by atoms with van der Waals surface area (Å²) in [5.41, 5.74) is 0.606. The fraction of sp³-hybridized carbons (Fsp3) is 0.333. The van der Waals surface area contributed by atoms with E-state index in [1.165, 1.54) is 7.05 Å².